The molecule has 0 amide bonds. The van der Waals surface area contributed by atoms with E-state index < -0.39 is 0 Å². The predicted octanol–water partition coefficient (Wildman–Crippen LogP) is 1.56. The summed E-state index contributed by atoms with van der Waals surface area (Å²) in [5.41, 5.74) is 7.78. The van der Waals surface area contributed by atoms with Crippen molar-refractivity contribution in [2.45, 2.75) is 13.1 Å². The number of imidazole rings is 1. The number of nitrogens with two attached hydrogens (primary N) is 1. The Morgan fingerprint density at radius 2 is 2.12 bits per heavy atom. The van der Waals surface area contributed by atoms with Crippen molar-refractivity contribution in [3.05, 3.63) is 30.1 Å². The zero-order valence-electron chi connectivity index (χ0n) is 9.22. The van der Waals surface area contributed by atoms with Crippen molar-refractivity contribution in [2.75, 3.05) is 13.7 Å². The Morgan fingerprint density at radius 3 is 2.81 bits per heavy atom. The summed E-state index contributed by atoms with van der Waals surface area (Å²) in [5, 5.41) is 0. The lowest BCUT2D eigenvalue weighted by molar-refractivity contribution is 0.187. The van der Waals surface area contributed by atoms with Crippen LogP contribution in [0.25, 0.3) is 11.0 Å². The molecular formula is C11H16ClN3O. The van der Waals surface area contributed by atoms with Crippen molar-refractivity contribution in [1.29, 1.82) is 0 Å². The van der Waals surface area contributed by atoms with Gasteiger partial charge in [0.2, 0.25) is 0 Å². The molecule has 16 heavy (non-hydrogen) atoms. The number of benzene rings is 1. The molecule has 0 aliphatic rings. The number of nitrogens with zero attached hydrogens (tertiary/aromatic N) is 2. The van der Waals surface area contributed by atoms with Crippen LogP contribution < -0.4 is 5.73 Å². The fourth-order valence-electron chi connectivity index (χ4n) is 1.71. The van der Waals surface area contributed by atoms with Crippen LogP contribution in [0.2, 0.25) is 0 Å². The third kappa shape index (κ3) is 2.35. The quantitative estimate of drug-likeness (QED) is 0.884. The third-order valence-corrected chi connectivity index (χ3v) is 2.44. The SMILES string of the molecule is COCCn1c(CN)nc2ccccc21.Cl. The molecule has 0 saturated heterocycles. The largest absolute Gasteiger partial charge is 0.383 e. The van der Waals surface area contributed by atoms with Gasteiger partial charge in [-0.25, -0.2) is 4.98 Å². The first-order chi connectivity index (χ1) is 7.36. The summed E-state index contributed by atoms with van der Waals surface area (Å²) in [4.78, 5) is 4.47. The van der Waals surface area contributed by atoms with Gasteiger partial charge in [-0.1, -0.05) is 12.1 Å². The van der Waals surface area contributed by atoms with Crippen LogP contribution >= 0.6 is 12.4 Å². The van der Waals surface area contributed by atoms with Gasteiger partial charge in [-0.3, -0.25) is 0 Å². The molecule has 0 saturated carbocycles. The minimum atomic E-state index is 0. The van der Waals surface area contributed by atoms with Crippen LogP contribution in [0.1, 0.15) is 5.82 Å². The first-order valence-corrected chi connectivity index (χ1v) is 5.00. The van der Waals surface area contributed by atoms with Crippen LogP contribution in [0.15, 0.2) is 24.3 Å². The van der Waals surface area contributed by atoms with Gasteiger partial charge in [0.1, 0.15) is 5.82 Å². The maximum Gasteiger partial charge on any atom is 0.123 e. The molecule has 0 atom stereocenters. The highest BCUT2D eigenvalue weighted by molar-refractivity contribution is 5.85. The summed E-state index contributed by atoms with van der Waals surface area (Å²) in [6.45, 7) is 1.93. The normalized spacial score (nSPS) is 10.4. The molecule has 0 unspecified atom stereocenters. The van der Waals surface area contributed by atoms with E-state index in [1.54, 1.807) is 7.11 Å². The first-order valence-electron chi connectivity index (χ1n) is 5.00. The Hall–Kier alpha value is -1.10. The minimum Gasteiger partial charge on any atom is -0.383 e. The lowest BCUT2D eigenvalue weighted by atomic mass is 10.3. The monoisotopic (exact) mass is 241 g/mol. The van der Waals surface area contributed by atoms with Crippen molar-refractivity contribution in [3.8, 4) is 0 Å². The minimum absolute atomic E-state index is 0. The molecule has 0 aliphatic carbocycles. The molecule has 0 bridgehead atoms. The molecule has 2 rings (SSSR count). The molecule has 2 aromatic rings. The van der Waals surface area contributed by atoms with E-state index in [0.717, 1.165) is 23.4 Å². The smallest absolute Gasteiger partial charge is 0.123 e. The second-order valence-corrected chi connectivity index (χ2v) is 3.37. The van der Waals surface area contributed by atoms with Gasteiger partial charge in [-0.05, 0) is 12.1 Å². The first kappa shape index (κ1) is 13.0. The van der Waals surface area contributed by atoms with Crippen LogP contribution in [-0.2, 0) is 17.8 Å². The zero-order valence-corrected chi connectivity index (χ0v) is 10.0. The summed E-state index contributed by atoms with van der Waals surface area (Å²) >= 11 is 0. The van der Waals surface area contributed by atoms with Crippen molar-refractivity contribution in [2.24, 2.45) is 5.73 Å². The molecule has 1 heterocycles. The van der Waals surface area contributed by atoms with Gasteiger partial charge in [0, 0.05) is 13.7 Å². The van der Waals surface area contributed by atoms with Gasteiger partial charge in [0.05, 0.1) is 24.2 Å². The Morgan fingerprint density at radius 1 is 1.38 bits per heavy atom. The van der Waals surface area contributed by atoms with Crippen LogP contribution in [0.5, 0.6) is 0 Å². The maximum absolute atomic E-state index is 5.66. The van der Waals surface area contributed by atoms with E-state index in [2.05, 4.69) is 15.6 Å². The lowest BCUT2D eigenvalue weighted by Gasteiger charge is -2.06. The fourth-order valence-corrected chi connectivity index (χ4v) is 1.71. The molecule has 88 valence electrons. The summed E-state index contributed by atoms with van der Waals surface area (Å²) < 4.78 is 7.18. The highest BCUT2D eigenvalue weighted by Gasteiger charge is 2.07. The van der Waals surface area contributed by atoms with Crippen LogP contribution in [0, 0.1) is 0 Å². The summed E-state index contributed by atoms with van der Waals surface area (Å²) in [7, 11) is 1.70. The maximum atomic E-state index is 5.66. The predicted molar refractivity (Wildman–Crippen MR) is 66.7 cm³/mol. The lowest BCUT2D eigenvalue weighted by Crippen LogP contribution is -2.11. The molecule has 5 heteroatoms. The second-order valence-electron chi connectivity index (χ2n) is 3.37. The van der Waals surface area contributed by atoms with Gasteiger partial charge in [-0.15, -0.1) is 12.4 Å². The highest BCUT2D eigenvalue weighted by Crippen LogP contribution is 2.15. The Kier molecular flexibility index (Phi) is 4.73. The van der Waals surface area contributed by atoms with E-state index in [1.807, 2.05) is 18.2 Å². The molecule has 0 aliphatic heterocycles. The molecule has 0 spiro atoms. The summed E-state index contributed by atoms with van der Waals surface area (Å²) in [6.07, 6.45) is 0. The topological polar surface area (TPSA) is 53.1 Å². The van der Waals surface area contributed by atoms with Gasteiger partial charge in [-0.2, -0.15) is 0 Å². The van der Waals surface area contributed by atoms with Crippen molar-refractivity contribution in [1.82, 2.24) is 9.55 Å². The number of methoxy groups -OCH3 is 1. The average Bonchev–Trinajstić information content (AvgIpc) is 2.64. The van der Waals surface area contributed by atoms with Gasteiger partial charge in [0.25, 0.3) is 0 Å². The van der Waals surface area contributed by atoms with Crippen molar-refractivity contribution >= 4 is 23.4 Å². The number of hydrogen-bond donors (Lipinski definition) is 1. The van der Waals surface area contributed by atoms with Gasteiger partial charge in [0.15, 0.2) is 0 Å². The second kappa shape index (κ2) is 5.84. The number of para-hydroxylation sites is 2. The van der Waals surface area contributed by atoms with Crippen molar-refractivity contribution < 1.29 is 4.74 Å². The average molecular weight is 242 g/mol. The van der Waals surface area contributed by atoms with E-state index in [1.165, 1.54) is 0 Å². The number of hydrogen-bond acceptors (Lipinski definition) is 3. The molecule has 0 radical (unpaired) electrons. The summed E-state index contributed by atoms with van der Waals surface area (Å²) in [5.74, 6) is 0.910. The Balaban J connectivity index is 0.00000128. The van der Waals surface area contributed by atoms with E-state index >= 15 is 0 Å². The standard InChI is InChI=1S/C11H15N3O.ClH/c1-15-7-6-14-10-5-3-2-4-9(10)13-11(14)8-12;/h2-5H,6-8,12H2,1H3;1H. The zero-order chi connectivity index (χ0) is 10.7. The number of rotatable bonds is 4. The van der Waals surface area contributed by atoms with Crippen LogP contribution in [0.4, 0.5) is 0 Å². The van der Waals surface area contributed by atoms with Crippen LogP contribution in [-0.4, -0.2) is 23.3 Å². The molecular weight excluding hydrogens is 226 g/mol. The molecule has 1 aromatic heterocycles. The molecule has 4 nitrogen and oxygen atoms in total. The Bertz CT molecular complexity index is 455. The molecule has 2 N–H and O–H groups in total. The van der Waals surface area contributed by atoms with Gasteiger partial charge >= 0.3 is 0 Å². The van der Waals surface area contributed by atoms with Crippen LogP contribution in [0.3, 0.4) is 0 Å². The number of halogens is 1. The number of ether oxygens (including phenoxy) is 1. The third-order valence-electron chi connectivity index (χ3n) is 2.44. The number of aromatic nitrogens is 2. The summed E-state index contributed by atoms with van der Waals surface area (Å²) in [6, 6.07) is 8.04. The highest BCUT2D eigenvalue weighted by atomic mass is 35.5. The van der Waals surface area contributed by atoms with E-state index in [9.17, 15) is 0 Å². The Labute approximate surface area is 101 Å². The van der Waals surface area contributed by atoms with Gasteiger partial charge < -0.3 is 15.0 Å². The molecule has 0 fully saturated rings. The van der Waals surface area contributed by atoms with E-state index in [4.69, 9.17) is 10.5 Å². The van der Waals surface area contributed by atoms with E-state index in [0.29, 0.717) is 13.2 Å². The fraction of sp³-hybridized carbons (Fsp3) is 0.364. The molecule has 1 aromatic carbocycles. The van der Waals surface area contributed by atoms with Crippen molar-refractivity contribution in [3.63, 3.8) is 0 Å². The van der Waals surface area contributed by atoms with E-state index in [-0.39, 0.29) is 12.4 Å². The number of fused-ring (bicyclic) bond motifs is 1.